The Bertz CT molecular complexity index is 467. The number of carbonyl (C=O) groups is 1. The van der Waals surface area contributed by atoms with E-state index in [0.29, 0.717) is 24.0 Å². The van der Waals surface area contributed by atoms with Gasteiger partial charge < -0.3 is 5.11 Å². The average molecular weight is 229 g/mol. The van der Waals surface area contributed by atoms with Gasteiger partial charge in [-0.05, 0) is 24.5 Å². The summed E-state index contributed by atoms with van der Waals surface area (Å²) in [5.74, 6) is -0.792. The van der Waals surface area contributed by atoms with Crippen molar-refractivity contribution >= 4 is 5.97 Å². The summed E-state index contributed by atoms with van der Waals surface area (Å²) >= 11 is 0. The van der Waals surface area contributed by atoms with Crippen LogP contribution in [0.5, 0.6) is 0 Å². The number of aliphatic carboxylic acids is 1. The van der Waals surface area contributed by atoms with Gasteiger partial charge in [0.1, 0.15) is 0 Å². The number of carboxylic acids is 1. The van der Waals surface area contributed by atoms with Crippen molar-refractivity contribution in [2.24, 2.45) is 0 Å². The van der Waals surface area contributed by atoms with Gasteiger partial charge >= 0.3 is 5.97 Å². The van der Waals surface area contributed by atoms with E-state index in [9.17, 15) is 9.90 Å². The summed E-state index contributed by atoms with van der Waals surface area (Å²) in [6.45, 7) is 0. The van der Waals surface area contributed by atoms with Gasteiger partial charge in [0, 0.05) is 0 Å². The summed E-state index contributed by atoms with van der Waals surface area (Å²) in [5, 5.41) is 18.7. The summed E-state index contributed by atoms with van der Waals surface area (Å²) in [5.41, 5.74) is 0.344. The Morgan fingerprint density at radius 1 is 1.24 bits per heavy atom. The number of nitrogens with zero attached hydrogens (tertiary/aromatic N) is 1. The molecule has 1 N–H and O–H groups in total. The van der Waals surface area contributed by atoms with Crippen molar-refractivity contribution in [2.45, 2.75) is 37.5 Å². The Morgan fingerprint density at radius 2 is 1.88 bits per heavy atom. The van der Waals surface area contributed by atoms with Gasteiger partial charge in [0.25, 0.3) is 0 Å². The van der Waals surface area contributed by atoms with Crippen molar-refractivity contribution in [2.75, 3.05) is 0 Å². The Morgan fingerprint density at radius 3 is 2.47 bits per heavy atom. The smallest absolute Gasteiger partial charge is 0.314 e. The number of hydrogen-bond donors (Lipinski definition) is 1. The van der Waals surface area contributed by atoms with Gasteiger partial charge in [-0.25, -0.2) is 0 Å². The lowest BCUT2D eigenvalue weighted by Crippen LogP contribution is -2.38. The second kappa shape index (κ2) is 4.58. The molecule has 1 aromatic rings. The molecule has 0 heterocycles. The van der Waals surface area contributed by atoms with Crippen LogP contribution in [0.2, 0.25) is 0 Å². The first kappa shape index (κ1) is 11.7. The van der Waals surface area contributed by atoms with Gasteiger partial charge in [0.15, 0.2) is 0 Å². The first-order valence-corrected chi connectivity index (χ1v) is 5.94. The van der Waals surface area contributed by atoms with Crippen LogP contribution < -0.4 is 0 Å². The molecule has 0 aliphatic heterocycles. The van der Waals surface area contributed by atoms with Crippen LogP contribution in [0, 0.1) is 11.3 Å². The molecule has 1 saturated carbocycles. The largest absolute Gasteiger partial charge is 0.481 e. The highest BCUT2D eigenvalue weighted by Crippen LogP contribution is 2.40. The lowest BCUT2D eigenvalue weighted by atomic mass is 9.68. The van der Waals surface area contributed by atoms with Crippen LogP contribution in [-0.2, 0) is 10.2 Å². The van der Waals surface area contributed by atoms with E-state index in [2.05, 4.69) is 6.07 Å². The van der Waals surface area contributed by atoms with Gasteiger partial charge in [0.2, 0.25) is 0 Å². The molecule has 0 amide bonds. The van der Waals surface area contributed by atoms with E-state index in [-0.39, 0.29) is 0 Å². The minimum atomic E-state index is -0.843. The zero-order valence-corrected chi connectivity index (χ0v) is 9.65. The van der Waals surface area contributed by atoms with Gasteiger partial charge in [0.05, 0.1) is 17.0 Å². The monoisotopic (exact) mass is 229 g/mol. The second-order valence-corrected chi connectivity index (χ2v) is 4.61. The van der Waals surface area contributed by atoms with Crippen LogP contribution in [0.1, 0.15) is 43.2 Å². The molecular formula is C14H15NO2. The summed E-state index contributed by atoms with van der Waals surface area (Å²) in [6, 6.07) is 9.20. The van der Waals surface area contributed by atoms with E-state index < -0.39 is 11.4 Å². The molecule has 88 valence electrons. The van der Waals surface area contributed by atoms with Crippen LogP contribution in [0.25, 0.3) is 0 Å². The van der Waals surface area contributed by atoms with E-state index in [1.165, 1.54) is 0 Å². The minimum absolute atomic E-state index is 0.497. The molecule has 0 spiro atoms. The standard InChI is InChI=1S/C14H15NO2/c15-10-11-6-2-3-7-12(11)14(13(16)17)8-4-1-5-9-14/h2-3,6-7H,1,4-5,8-9H2,(H,16,17). The fourth-order valence-corrected chi connectivity index (χ4v) is 2.75. The maximum atomic E-state index is 11.6. The first-order valence-electron chi connectivity index (χ1n) is 5.94. The van der Waals surface area contributed by atoms with Crippen molar-refractivity contribution in [3.63, 3.8) is 0 Å². The third-order valence-corrected chi connectivity index (χ3v) is 3.68. The molecule has 17 heavy (non-hydrogen) atoms. The fourth-order valence-electron chi connectivity index (χ4n) is 2.75. The summed E-state index contributed by atoms with van der Waals surface area (Å²) < 4.78 is 0. The van der Waals surface area contributed by atoms with Crippen LogP contribution in [-0.4, -0.2) is 11.1 Å². The Labute approximate surface area is 101 Å². The third kappa shape index (κ3) is 1.91. The Hall–Kier alpha value is -1.82. The summed E-state index contributed by atoms with van der Waals surface area (Å²) in [6.07, 6.45) is 4.21. The quantitative estimate of drug-likeness (QED) is 0.848. The number of benzene rings is 1. The zero-order valence-electron chi connectivity index (χ0n) is 9.65. The summed E-state index contributed by atoms with van der Waals surface area (Å²) in [7, 11) is 0. The molecule has 1 aromatic carbocycles. The van der Waals surface area contributed by atoms with E-state index in [4.69, 9.17) is 5.26 Å². The molecular weight excluding hydrogens is 214 g/mol. The molecule has 0 saturated heterocycles. The zero-order chi connectivity index (χ0) is 12.3. The summed E-state index contributed by atoms with van der Waals surface area (Å²) in [4.78, 5) is 11.6. The Kier molecular flexibility index (Phi) is 3.14. The molecule has 1 aliphatic rings. The normalized spacial score (nSPS) is 18.3. The Balaban J connectivity index is 2.53. The highest BCUT2D eigenvalue weighted by atomic mass is 16.4. The minimum Gasteiger partial charge on any atom is -0.481 e. The van der Waals surface area contributed by atoms with Crippen molar-refractivity contribution in [1.82, 2.24) is 0 Å². The van der Waals surface area contributed by atoms with Crippen LogP contribution >= 0.6 is 0 Å². The highest BCUT2D eigenvalue weighted by molar-refractivity contribution is 5.82. The molecule has 0 radical (unpaired) electrons. The van der Waals surface area contributed by atoms with Crippen LogP contribution in [0.3, 0.4) is 0 Å². The van der Waals surface area contributed by atoms with E-state index in [0.717, 1.165) is 19.3 Å². The molecule has 0 bridgehead atoms. The molecule has 0 aromatic heterocycles. The van der Waals surface area contributed by atoms with Gasteiger partial charge in [-0.15, -0.1) is 0 Å². The predicted octanol–water partition coefficient (Wildman–Crippen LogP) is 2.84. The van der Waals surface area contributed by atoms with Crippen LogP contribution in [0.15, 0.2) is 24.3 Å². The van der Waals surface area contributed by atoms with Crippen molar-refractivity contribution in [3.05, 3.63) is 35.4 Å². The number of hydrogen-bond acceptors (Lipinski definition) is 2. The first-order chi connectivity index (χ1) is 8.20. The highest BCUT2D eigenvalue weighted by Gasteiger charge is 2.42. The van der Waals surface area contributed by atoms with Crippen LogP contribution in [0.4, 0.5) is 0 Å². The maximum absolute atomic E-state index is 11.6. The molecule has 1 aliphatic carbocycles. The topological polar surface area (TPSA) is 61.1 Å². The van der Waals surface area contributed by atoms with Gasteiger partial charge in [-0.1, -0.05) is 37.5 Å². The SMILES string of the molecule is N#Cc1ccccc1C1(C(=O)O)CCCCC1. The average Bonchev–Trinajstić information content (AvgIpc) is 2.39. The van der Waals surface area contributed by atoms with Gasteiger partial charge in [-0.2, -0.15) is 5.26 Å². The lowest BCUT2D eigenvalue weighted by Gasteiger charge is -2.34. The van der Waals surface area contributed by atoms with Gasteiger partial charge in [-0.3, -0.25) is 4.79 Å². The van der Waals surface area contributed by atoms with Crippen molar-refractivity contribution < 1.29 is 9.90 Å². The maximum Gasteiger partial charge on any atom is 0.314 e. The lowest BCUT2D eigenvalue weighted by molar-refractivity contribution is -0.145. The molecule has 3 heteroatoms. The van der Waals surface area contributed by atoms with Crippen molar-refractivity contribution in [1.29, 1.82) is 5.26 Å². The second-order valence-electron chi connectivity index (χ2n) is 4.61. The molecule has 3 nitrogen and oxygen atoms in total. The molecule has 2 rings (SSSR count). The number of nitriles is 1. The van der Waals surface area contributed by atoms with Crippen molar-refractivity contribution in [3.8, 4) is 6.07 Å². The van der Waals surface area contributed by atoms with E-state index >= 15 is 0 Å². The molecule has 0 atom stereocenters. The molecule has 1 fully saturated rings. The number of rotatable bonds is 2. The van der Waals surface area contributed by atoms with E-state index in [1.54, 1.807) is 18.2 Å². The number of carboxylic acid groups (broad SMARTS) is 1. The van der Waals surface area contributed by atoms with E-state index in [1.807, 2.05) is 6.07 Å². The predicted molar refractivity (Wildman–Crippen MR) is 63.6 cm³/mol. The molecule has 0 unspecified atom stereocenters. The third-order valence-electron chi connectivity index (χ3n) is 3.68. The fraction of sp³-hybridized carbons (Fsp3) is 0.429.